The second-order valence-corrected chi connectivity index (χ2v) is 5.04. The lowest BCUT2D eigenvalue weighted by molar-refractivity contribution is -0.904. The molecule has 0 bridgehead atoms. The van der Waals surface area contributed by atoms with Crippen LogP contribution in [0.25, 0.3) is 22.4 Å². The van der Waals surface area contributed by atoms with Crippen molar-refractivity contribution in [3.63, 3.8) is 0 Å². The molecule has 0 spiro atoms. The summed E-state index contributed by atoms with van der Waals surface area (Å²) in [5.41, 5.74) is 2.90. The summed E-state index contributed by atoms with van der Waals surface area (Å²) in [5.74, 6) is 0.807. The lowest BCUT2D eigenvalue weighted by atomic mass is 10.2. The number of nitrogens with zero attached hydrogens (tertiary/aromatic N) is 2. The van der Waals surface area contributed by atoms with Gasteiger partial charge in [-0.1, -0.05) is 12.1 Å². The maximum Gasteiger partial charge on any atom is 0.262 e. The lowest BCUT2D eigenvalue weighted by Gasteiger charge is -2.01. The lowest BCUT2D eigenvalue weighted by Crippen LogP contribution is -2.27. The summed E-state index contributed by atoms with van der Waals surface area (Å²) < 4.78 is 9.78. The van der Waals surface area contributed by atoms with Crippen LogP contribution < -0.4 is 9.62 Å². The highest BCUT2D eigenvalue weighted by Crippen LogP contribution is 2.19. The van der Waals surface area contributed by atoms with Gasteiger partial charge in [0, 0.05) is 22.4 Å². The zero-order chi connectivity index (χ0) is 15.5. The van der Waals surface area contributed by atoms with E-state index in [4.69, 9.17) is 24.5 Å². The Morgan fingerprint density at radius 1 is 1.14 bits per heavy atom. The zero-order valence-electron chi connectivity index (χ0n) is 11.1. The molecule has 1 aromatic carbocycles. The molecule has 118 valence electrons. The average molecular weight is 327 g/mol. The van der Waals surface area contributed by atoms with E-state index in [-0.39, 0.29) is 5.48 Å². The highest BCUT2D eigenvalue weighted by Gasteiger charge is 2.06. The quantitative estimate of drug-likeness (QED) is 0.264. The number of hydrogen-bond acceptors (Lipinski definition) is 4. The summed E-state index contributed by atoms with van der Waals surface area (Å²) in [7, 11) is -4.89. The molecular formula is C12H14N3O6P. The Kier molecular flexibility index (Phi) is 5.75. The van der Waals surface area contributed by atoms with Gasteiger partial charge < -0.3 is 25.1 Å². The van der Waals surface area contributed by atoms with E-state index in [2.05, 4.69) is 9.97 Å². The van der Waals surface area contributed by atoms with Crippen molar-refractivity contribution in [1.29, 1.82) is 0 Å². The van der Waals surface area contributed by atoms with Crippen LogP contribution in [-0.4, -0.2) is 30.4 Å². The summed E-state index contributed by atoms with van der Waals surface area (Å²) in [6.07, 6.45) is 3.14. The third-order valence-electron chi connectivity index (χ3n) is 2.48. The van der Waals surface area contributed by atoms with Crippen molar-refractivity contribution in [2.45, 2.75) is 0 Å². The highest BCUT2D eigenvalue weighted by atomic mass is 31.2. The van der Waals surface area contributed by atoms with Gasteiger partial charge in [-0.05, 0) is 12.1 Å². The Morgan fingerprint density at radius 3 is 2.23 bits per heavy atom. The topological polar surface area (TPSA) is 165 Å². The Balaban J connectivity index is 0.000000356. The number of phosphoric acid groups is 1. The van der Waals surface area contributed by atoms with E-state index < -0.39 is 7.82 Å². The SMILES string of the molecule is O.O=P([O-])(O)O.O[n+]1ccc(-c2nc3ccccc3[nH]2)cc1. The molecule has 0 radical (unpaired) electrons. The molecule has 3 aromatic rings. The van der Waals surface area contributed by atoms with Gasteiger partial charge in [0.15, 0.2) is 0 Å². The van der Waals surface area contributed by atoms with E-state index >= 15 is 0 Å². The van der Waals surface area contributed by atoms with Crippen molar-refractivity contribution < 1.29 is 34.7 Å². The van der Waals surface area contributed by atoms with Crippen LogP contribution in [0.15, 0.2) is 48.8 Å². The van der Waals surface area contributed by atoms with Crippen LogP contribution in [0.4, 0.5) is 0 Å². The maximum absolute atomic E-state index is 9.13. The van der Waals surface area contributed by atoms with Gasteiger partial charge in [-0.2, -0.15) is 0 Å². The molecule has 0 aliphatic heterocycles. The van der Waals surface area contributed by atoms with E-state index in [0.717, 1.165) is 27.2 Å². The van der Waals surface area contributed by atoms with Gasteiger partial charge in [0.1, 0.15) is 5.82 Å². The van der Waals surface area contributed by atoms with Crippen LogP contribution in [-0.2, 0) is 4.57 Å². The van der Waals surface area contributed by atoms with Crippen LogP contribution in [0.2, 0.25) is 0 Å². The third-order valence-corrected chi connectivity index (χ3v) is 2.48. The first kappa shape index (κ1) is 17.8. The Bertz CT molecular complexity index is 742. The third kappa shape index (κ3) is 5.24. The number of imidazole rings is 1. The normalized spacial score (nSPS) is 10.5. The standard InChI is InChI=1S/C12H9N3O.H3O4P.H2O/c16-15-7-5-9(6-8-15)12-13-10-3-1-2-4-11(10)14-12;1-5(2,3)4;/h1-8,16H;(H3,1,2,3,4);1H2. The van der Waals surface area contributed by atoms with E-state index in [9.17, 15) is 0 Å². The van der Waals surface area contributed by atoms with Crippen molar-refractivity contribution in [3.8, 4) is 11.4 Å². The van der Waals surface area contributed by atoms with Gasteiger partial charge in [0.2, 0.25) is 12.4 Å². The molecule has 22 heavy (non-hydrogen) atoms. The number of rotatable bonds is 1. The fourth-order valence-corrected chi connectivity index (χ4v) is 1.67. The molecule has 10 heteroatoms. The number of para-hydroxylation sites is 2. The number of nitrogens with one attached hydrogen (secondary N) is 1. The number of aromatic nitrogens is 3. The first-order chi connectivity index (χ1) is 9.83. The average Bonchev–Trinajstić information content (AvgIpc) is 2.81. The molecule has 2 aromatic heterocycles. The largest absolute Gasteiger partial charge is 0.756 e. The molecule has 0 aliphatic rings. The second kappa shape index (κ2) is 7.12. The van der Waals surface area contributed by atoms with Crippen molar-refractivity contribution in [3.05, 3.63) is 48.8 Å². The van der Waals surface area contributed by atoms with Crippen LogP contribution in [0.3, 0.4) is 0 Å². The number of benzene rings is 1. The van der Waals surface area contributed by atoms with Crippen molar-refractivity contribution in [1.82, 2.24) is 9.97 Å². The Labute approximate surface area is 124 Å². The molecule has 0 aliphatic carbocycles. The first-order valence-electron chi connectivity index (χ1n) is 5.75. The smallest absolute Gasteiger partial charge is 0.262 e. The van der Waals surface area contributed by atoms with E-state index in [1.165, 1.54) is 0 Å². The molecule has 6 N–H and O–H groups in total. The van der Waals surface area contributed by atoms with Crippen molar-refractivity contribution in [2.24, 2.45) is 0 Å². The Morgan fingerprint density at radius 2 is 1.68 bits per heavy atom. The number of pyridine rings is 1. The van der Waals surface area contributed by atoms with Gasteiger partial charge in [0.25, 0.3) is 7.82 Å². The van der Waals surface area contributed by atoms with Gasteiger partial charge in [-0.3, -0.25) is 9.77 Å². The molecule has 0 unspecified atom stereocenters. The van der Waals surface area contributed by atoms with Crippen LogP contribution in [0, 0.1) is 0 Å². The first-order valence-corrected chi connectivity index (χ1v) is 7.28. The predicted octanol–water partition coefficient (Wildman–Crippen LogP) is -0.631. The molecule has 0 amide bonds. The van der Waals surface area contributed by atoms with Crippen molar-refractivity contribution in [2.75, 3.05) is 0 Å². The summed E-state index contributed by atoms with van der Waals surface area (Å²) in [6.45, 7) is 0. The highest BCUT2D eigenvalue weighted by molar-refractivity contribution is 7.43. The molecule has 2 heterocycles. The molecular weight excluding hydrogens is 313 g/mol. The molecule has 9 nitrogen and oxygen atoms in total. The fourth-order valence-electron chi connectivity index (χ4n) is 1.67. The van der Waals surface area contributed by atoms with E-state index in [0.29, 0.717) is 0 Å². The summed E-state index contributed by atoms with van der Waals surface area (Å²) in [6, 6.07) is 11.5. The molecule has 3 rings (SSSR count). The number of fused-ring (bicyclic) bond motifs is 1. The fraction of sp³-hybridized carbons (Fsp3) is 0. The molecule has 0 saturated carbocycles. The molecule has 0 atom stereocenters. The minimum atomic E-state index is -4.89. The molecule has 0 fully saturated rings. The zero-order valence-corrected chi connectivity index (χ0v) is 12.0. The van der Waals surface area contributed by atoms with E-state index in [1.807, 2.05) is 24.3 Å². The minimum absolute atomic E-state index is 0. The van der Waals surface area contributed by atoms with Gasteiger partial charge in [-0.25, -0.2) is 4.98 Å². The van der Waals surface area contributed by atoms with Gasteiger partial charge >= 0.3 is 0 Å². The second-order valence-electron chi connectivity index (χ2n) is 4.06. The monoisotopic (exact) mass is 327 g/mol. The predicted molar refractivity (Wildman–Crippen MR) is 74.6 cm³/mol. The summed E-state index contributed by atoms with van der Waals surface area (Å²) >= 11 is 0. The Hall–Kier alpha value is -2.29. The summed E-state index contributed by atoms with van der Waals surface area (Å²) in [5, 5.41) is 9.13. The van der Waals surface area contributed by atoms with Crippen LogP contribution >= 0.6 is 7.82 Å². The summed E-state index contributed by atoms with van der Waals surface area (Å²) in [4.78, 5) is 30.6. The maximum atomic E-state index is 9.13. The van der Waals surface area contributed by atoms with Gasteiger partial charge in [-0.15, -0.1) is 0 Å². The number of hydrogen-bond donors (Lipinski definition) is 4. The van der Waals surface area contributed by atoms with Crippen molar-refractivity contribution >= 4 is 18.9 Å². The van der Waals surface area contributed by atoms with Gasteiger partial charge in [0.05, 0.1) is 11.0 Å². The molecule has 0 saturated heterocycles. The number of H-pyrrole nitrogens is 1. The number of aromatic amines is 1. The van der Waals surface area contributed by atoms with Crippen LogP contribution in [0.1, 0.15) is 0 Å². The van der Waals surface area contributed by atoms with Crippen LogP contribution in [0.5, 0.6) is 0 Å². The minimum Gasteiger partial charge on any atom is -0.756 e. The van der Waals surface area contributed by atoms with E-state index in [1.54, 1.807) is 24.5 Å².